The van der Waals surface area contributed by atoms with Crippen LogP contribution in [0.15, 0.2) is 88.1 Å². The zero-order valence-electron chi connectivity index (χ0n) is 16.2. The van der Waals surface area contributed by atoms with Gasteiger partial charge in [-0.25, -0.2) is 0 Å². The third-order valence-corrected chi connectivity index (χ3v) is 4.95. The molecule has 150 valence electrons. The predicted molar refractivity (Wildman–Crippen MR) is 117 cm³/mol. The van der Waals surface area contributed by atoms with E-state index in [9.17, 15) is 9.59 Å². The van der Waals surface area contributed by atoms with Crippen molar-refractivity contribution < 1.29 is 13.9 Å². The minimum atomic E-state index is -0.419. The van der Waals surface area contributed by atoms with Crippen LogP contribution in [0, 0.1) is 0 Å². The Balaban J connectivity index is 1.77. The second-order valence-electron chi connectivity index (χ2n) is 6.69. The molecule has 1 aromatic heterocycles. The van der Waals surface area contributed by atoms with Crippen LogP contribution in [-0.4, -0.2) is 13.0 Å². The fourth-order valence-electron chi connectivity index (χ4n) is 3.18. The Morgan fingerprint density at radius 1 is 1.00 bits per heavy atom. The van der Waals surface area contributed by atoms with E-state index in [2.05, 4.69) is 0 Å². The summed E-state index contributed by atoms with van der Waals surface area (Å²) in [7, 11) is 1.58. The van der Waals surface area contributed by atoms with Crippen molar-refractivity contribution in [2.45, 2.75) is 6.54 Å². The van der Waals surface area contributed by atoms with Gasteiger partial charge in [-0.1, -0.05) is 41.9 Å². The molecule has 0 aliphatic heterocycles. The molecule has 0 aliphatic carbocycles. The number of nitrogens with zero attached hydrogens (tertiary/aromatic N) is 1. The van der Waals surface area contributed by atoms with Crippen molar-refractivity contribution in [2.24, 2.45) is 0 Å². The average molecular weight is 420 g/mol. The van der Waals surface area contributed by atoms with Crippen LogP contribution in [0.5, 0.6) is 5.75 Å². The molecule has 0 unspecified atom stereocenters. The highest BCUT2D eigenvalue weighted by molar-refractivity contribution is 6.31. The highest BCUT2D eigenvalue weighted by Crippen LogP contribution is 2.24. The Hall–Kier alpha value is -3.57. The van der Waals surface area contributed by atoms with Crippen molar-refractivity contribution in [1.82, 2.24) is 0 Å². The minimum Gasteiger partial charge on any atom is -0.497 e. The van der Waals surface area contributed by atoms with Crippen molar-refractivity contribution in [3.8, 4) is 5.75 Å². The van der Waals surface area contributed by atoms with Gasteiger partial charge in [-0.3, -0.25) is 9.59 Å². The van der Waals surface area contributed by atoms with Gasteiger partial charge >= 0.3 is 0 Å². The zero-order valence-corrected chi connectivity index (χ0v) is 16.9. The summed E-state index contributed by atoms with van der Waals surface area (Å²) >= 11 is 5.97. The predicted octanol–water partition coefficient (Wildman–Crippen LogP) is 5.30. The summed E-state index contributed by atoms with van der Waals surface area (Å²) in [6, 6.07) is 22.7. The first-order valence-corrected chi connectivity index (χ1v) is 9.66. The number of methoxy groups -OCH3 is 1. The van der Waals surface area contributed by atoms with Crippen molar-refractivity contribution >= 4 is 34.2 Å². The standard InChI is InChI=1S/C24H18ClNO4/c1-29-19-10-8-18(9-11-19)26(15-16-5-3-2-4-6-16)24(28)23-14-21(27)20-13-17(25)7-12-22(20)30-23/h2-14H,15H2,1H3. The van der Waals surface area contributed by atoms with E-state index in [0.717, 1.165) is 5.56 Å². The number of carbonyl (C=O) groups is 1. The molecule has 0 fully saturated rings. The summed E-state index contributed by atoms with van der Waals surface area (Å²) in [5, 5.41) is 0.760. The first kappa shape index (κ1) is 19.7. The summed E-state index contributed by atoms with van der Waals surface area (Å²) in [5.41, 5.74) is 1.58. The van der Waals surface area contributed by atoms with E-state index >= 15 is 0 Å². The van der Waals surface area contributed by atoms with Crippen LogP contribution in [0.2, 0.25) is 5.02 Å². The highest BCUT2D eigenvalue weighted by atomic mass is 35.5. The monoisotopic (exact) mass is 419 g/mol. The molecule has 1 amide bonds. The highest BCUT2D eigenvalue weighted by Gasteiger charge is 2.22. The van der Waals surface area contributed by atoms with Crippen LogP contribution in [0.25, 0.3) is 11.0 Å². The fraction of sp³-hybridized carbons (Fsp3) is 0.0833. The maximum atomic E-state index is 13.4. The summed E-state index contributed by atoms with van der Waals surface area (Å²) in [6.07, 6.45) is 0. The number of carbonyl (C=O) groups excluding carboxylic acids is 1. The summed E-state index contributed by atoms with van der Waals surface area (Å²) in [6.45, 7) is 0.314. The Labute approximate surface area is 178 Å². The molecule has 4 aromatic rings. The number of benzene rings is 3. The molecule has 0 aliphatic rings. The fourth-order valence-corrected chi connectivity index (χ4v) is 3.35. The molecule has 0 atom stereocenters. The average Bonchev–Trinajstić information content (AvgIpc) is 2.78. The number of amides is 1. The smallest absolute Gasteiger partial charge is 0.294 e. The first-order chi connectivity index (χ1) is 14.5. The number of fused-ring (bicyclic) bond motifs is 1. The van der Waals surface area contributed by atoms with Crippen molar-refractivity contribution in [1.29, 1.82) is 0 Å². The molecule has 0 bridgehead atoms. The Kier molecular flexibility index (Phi) is 5.55. The number of anilines is 1. The van der Waals surface area contributed by atoms with E-state index in [-0.39, 0.29) is 11.2 Å². The lowest BCUT2D eigenvalue weighted by atomic mass is 10.1. The van der Waals surface area contributed by atoms with Crippen LogP contribution in [-0.2, 0) is 6.54 Å². The molecule has 0 saturated carbocycles. The van der Waals surface area contributed by atoms with E-state index in [0.29, 0.717) is 34.0 Å². The van der Waals surface area contributed by atoms with Gasteiger partial charge in [-0.05, 0) is 48.0 Å². The lowest BCUT2D eigenvalue weighted by molar-refractivity contribution is 0.0959. The van der Waals surface area contributed by atoms with Gasteiger partial charge < -0.3 is 14.1 Å². The van der Waals surface area contributed by atoms with Gasteiger partial charge in [0.15, 0.2) is 11.2 Å². The lowest BCUT2D eigenvalue weighted by Crippen LogP contribution is -2.31. The van der Waals surface area contributed by atoms with E-state index in [4.69, 9.17) is 20.8 Å². The Morgan fingerprint density at radius 2 is 1.73 bits per heavy atom. The topological polar surface area (TPSA) is 59.8 Å². The van der Waals surface area contributed by atoms with Crippen LogP contribution >= 0.6 is 11.6 Å². The van der Waals surface area contributed by atoms with E-state index in [1.807, 2.05) is 30.3 Å². The maximum absolute atomic E-state index is 13.4. The Bertz CT molecular complexity index is 1250. The third-order valence-electron chi connectivity index (χ3n) is 4.71. The van der Waals surface area contributed by atoms with Crippen LogP contribution in [0.4, 0.5) is 5.69 Å². The van der Waals surface area contributed by atoms with Gasteiger partial charge in [0.25, 0.3) is 5.91 Å². The quantitative estimate of drug-likeness (QED) is 0.440. The number of hydrogen-bond acceptors (Lipinski definition) is 4. The molecule has 0 spiro atoms. The molecule has 4 rings (SSSR count). The van der Waals surface area contributed by atoms with Gasteiger partial charge in [-0.2, -0.15) is 0 Å². The van der Waals surface area contributed by atoms with E-state index in [1.165, 1.54) is 12.1 Å². The molecular weight excluding hydrogens is 402 g/mol. The number of rotatable bonds is 5. The van der Waals surface area contributed by atoms with Gasteiger partial charge in [0.05, 0.1) is 19.0 Å². The summed E-state index contributed by atoms with van der Waals surface area (Å²) < 4.78 is 11.0. The van der Waals surface area contributed by atoms with Gasteiger partial charge in [0.1, 0.15) is 11.3 Å². The van der Waals surface area contributed by atoms with Crippen LogP contribution in [0.3, 0.4) is 0 Å². The van der Waals surface area contributed by atoms with Crippen molar-refractivity contribution in [3.63, 3.8) is 0 Å². The molecule has 30 heavy (non-hydrogen) atoms. The van der Waals surface area contributed by atoms with Gasteiger partial charge in [0, 0.05) is 16.8 Å². The summed E-state index contributed by atoms with van der Waals surface area (Å²) in [4.78, 5) is 27.5. The van der Waals surface area contributed by atoms with E-state index < -0.39 is 5.91 Å². The molecule has 5 nitrogen and oxygen atoms in total. The number of hydrogen-bond donors (Lipinski definition) is 0. The summed E-state index contributed by atoms with van der Waals surface area (Å²) in [5.74, 6) is 0.222. The van der Waals surface area contributed by atoms with Crippen molar-refractivity contribution in [2.75, 3.05) is 12.0 Å². The second kappa shape index (κ2) is 8.43. The van der Waals surface area contributed by atoms with Crippen molar-refractivity contribution in [3.05, 3.63) is 105 Å². The van der Waals surface area contributed by atoms with Gasteiger partial charge in [0.2, 0.25) is 0 Å². The first-order valence-electron chi connectivity index (χ1n) is 9.28. The largest absolute Gasteiger partial charge is 0.497 e. The minimum absolute atomic E-state index is 0.0402. The SMILES string of the molecule is COc1ccc(N(Cc2ccccc2)C(=O)c2cc(=O)c3cc(Cl)ccc3o2)cc1. The second-order valence-corrected chi connectivity index (χ2v) is 7.13. The normalized spacial score (nSPS) is 10.7. The molecule has 1 heterocycles. The molecule has 6 heteroatoms. The molecule has 0 radical (unpaired) electrons. The third kappa shape index (κ3) is 4.07. The number of ether oxygens (including phenoxy) is 1. The van der Waals surface area contributed by atoms with Gasteiger partial charge in [-0.15, -0.1) is 0 Å². The van der Waals surface area contributed by atoms with Crippen LogP contribution in [0.1, 0.15) is 16.1 Å². The molecule has 3 aromatic carbocycles. The maximum Gasteiger partial charge on any atom is 0.294 e. The zero-order chi connectivity index (χ0) is 21.1. The molecule has 0 saturated heterocycles. The molecule has 0 N–H and O–H groups in total. The van der Waals surface area contributed by atoms with E-state index in [1.54, 1.807) is 48.4 Å². The van der Waals surface area contributed by atoms with Crippen LogP contribution < -0.4 is 15.1 Å². The molecular formula is C24H18ClNO4. The lowest BCUT2D eigenvalue weighted by Gasteiger charge is -2.23. The number of halogens is 1. The Morgan fingerprint density at radius 3 is 2.43 bits per heavy atom.